The molecule has 0 aromatic heterocycles. The highest BCUT2D eigenvalue weighted by Crippen LogP contribution is 2.00. The smallest absolute Gasteiger partial charge is 0.407 e. The number of nitrogens with one attached hydrogen (secondary N) is 1. The van der Waals surface area contributed by atoms with E-state index in [4.69, 9.17) is 9.47 Å². The monoisotopic (exact) mass is 189 g/mol. The lowest BCUT2D eigenvalue weighted by atomic mass is 10.1. The van der Waals surface area contributed by atoms with Crippen LogP contribution in [0, 0.1) is 0 Å². The molecule has 0 aliphatic heterocycles. The van der Waals surface area contributed by atoms with Crippen LogP contribution in [0.4, 0.5) is 4.79 Å². The fraction of sp³-hybridized carbons (Fsp3) is 0.889. The molecule has 0 aliphatic carbocycles. The van der Waals surface area contributed by atoms with Crippen molar-refractivity contribution >= 4 is 6.09 Å². The number of ether oxygens (including phenoxy) is 2. The molecule has 1 amide bonds. The summed E-state index contributed by atoms with van der Waals surface area (Å²) in [6, 6.07) is 0. The minimum absolute atomic E-state index is 0.215. The number of alkyl carbamates (subject to hydrolysis) is 1. The van der Waals surface area contributed by atoms with Crippen LogP contribution in [0.15, 0.2) is 0 Å². The van der Waals surface area contributed by atoms with E-state index in [1.165, 1.54) is 0 Å². The number of amides is 1. The number of hydrogen-bond donors (Lipinski definition) is 1. The molecule has 4 heteroatoms. The zero-order chi connectivity index (χ0) is 10.5. The number of hydrogen-bond acceptors (Lipinski definition) is 3. The summed E-state index contributed by atoms with van der Waals surface area (Å²) in [4.78, 5) is 11.2. The SMILES string of the molecule is COC[C@H](C)OC(=O)NC(C)(C)C. The molecule has 4 nitrogen and oxygen atoms in total. The van der Waals surface area contributed by atoms with E-state index in [-0.39, 0.29) is 11.6 Å². The Balaban J connectivity index is 3.74. The second kappa shape index (κ2) is 5.07. The van der Waals surface area contributed by atoms with Crippen molar-refractivity contribution in [2.45, 2.75) is 39.3 Å². The summed E-state index contributed by atoms with van der Waals surface area (Å²) in [5, 5.41) is 2.69. The molecule has 13 heavy (non-hydrogen) atoms. The van der Waals surface area contributed by atoms with Crippen molar-refractivity contribution in [3.63, 3.8) is 0 Å². The van der Waals surface area contributed by atoms with E-state index in [0.717, 1.165) is 0 Å². The van der Waals surface area contributed by atoms with E-state index in [9.17, 15) is 4.79 Å². The van der Waals surface area contributed by atoms with Gasteiger partial charge < -0.3 is 14.8 Å². The predicted molar refractivity (Wildman–Crippen MR) is 50.7 cm³/mol. The summed E-state index contributed by atoms with van der Waals surface area (Å²) < 4.78 is 9.82. The van der Waals surface area contributed by atoms with Crippen LogP contribution in [0.1, 0.15) is 27.7 Å². The Labute approximate surface area is 79.6 Å². The normalized spacial score (nSPS) is 13.6. The van der Waals surface area contributed by atoms with Gasteiger partial charge in [-0.1, -0.05) is 0 Å². The molecule has 0 unspecified atom stereocenters. The highest BCUT2D eigenvalue weighted by atomic mass is 16.6. The molecule has 0 saturated carbocycles. The largest absolute Gasteiger partial charge is 0.444 e. The maximum atomic E-state index is 11.2. The molecule has 0 fully saturated rings. The summed E-state index contributed by atoms with van der Waals surface area (Å²) in [6.07, 6.45) is -0.621. The number of rotatable bonds is 3. The molecule has 0 bridgehead atoms. The quantitative estimate of drug-likeness (QED) is 0.732. The number of carbonyl (C=O) groups excluding carboxylic acids is 1. The topological polar surface area (TPSA) is 47.6 Å². The van der Waals surface area contributed by atoms with Crippen LogP contribution in [0.25, 0.3) is 0 Å². The molecular weight excluding hydrogens is 170 g/mol. The van der Waals surface area contributed by atoms with Crippen molar-refractivity contribution in [1.82, 2.24) is 5.32 Å². The Hall–Kier alpha value is -0.770. The van der Waals surface area contributed by atoms with Crippen LogP contribution in [0.5, 0.6) is 0 Å². The van der Waals surface area contributed by atoms with Crippen LogP contribution in [-0.2, 0) is 9.47 Å². The molecule has 0 rings (SSSR count). The van der Waals surface area contributed by atoms with E-state index < -0.39 is 6.09 Å². The highest BCUT2D eigenvalue weighted by Gasteiger charge is 2.16. The molecule has 0 aromatic carbocycles. The molecule has 0 spiro atoms. The lowest BCUT2D eigenvalue weighted by molar-refractivity contribution is 0.0458. The van der Waals surface area contributed by atoms with E-state index in [0.29, 0.717) is 6.61 Å². The summed E-state index contributed by atoms with van der Waals surface area (Å²) in [7, 11) is 1.57. The second-order valence-electron chi connectivity index (χ2n) is 4.05. The molecule has 0 radical (unpaired) electrons. The van der Waals surface area contributed by atoms with Crippen molar-refractivity contribution in [2.24, 2.45) is 0 Å². The van der Waals surface area contributed by atoms with Crippen LogP contribution >= 0.6 is 0 Å². The van der Waals surface area contributed by atoms with Crippen molar-refractivity contribution in [3.05, 3.63) is 0 Å². The minimum atomic E-state index is -0.406. The maximum absolute atomic E-state index is 11.2. The number of carbonyl (C=O) groups is 1. The third-order valence-electron chi connectivity index (χ3n) is 1.19. The van der Waals surface area contributed by atoms with Gasteiger partial charge in [0, 0.05) is 12.6 Å². The van der Waals surface area contributed by atoms with Gasteiger partial charge in [-0.25, -0.2) is 4.79 Å². The molecule has 1 N–H and O–H groups in total. The van der Waals surface area contributed by atoms with Gasteiger partial charge in [-0.05, 0) is 27.7 Å². The summed E-state index contributed by atoms with van der Waals surface area (Å²) in [5.41, 5.74) is -0.260. The lowest BCUT2D eigenvalue weighted by Crippen LogP contribution is -2.42. The van der Waals surface area contributed by atoms with Gasteiger partial charge in [0.15, 0.2) is 0 Å². The Morgan fingerprint density at radius 3 is 2.38 bits per heavy atom. The Morgan fingerprint density at radius 2 is 2.00 bits per heavy atom. The zero-order valence-corrected chi connectivity index (χ0v) is 9.01. The molecule has 1 atom stereocenters. The standard InChI is InChI=1S/C9H19NO3/c1-7(6-12-5)13-8(11)10-9(2,3)4/h7H,6H2,1-5H3,(H,10,11)/t7-/m0/s1. The highest BCUT2D eigenvalue weighted by molar-refractivity contribution is 5.68. The van der Waals surface area contributed by atoms with Gasteiger partial charge in [0.1, 0.15) is 6.10 Å². The maximum Gasteiger partial charge on any atom is 0.407 e. The van der Waals surface area contributed by atoms with Gasteiger partial charge in [-0.3, -0.25) is 0 Å². The fourth-order valence-corrected chi connectivity index (χ4v) is 0.787. The molecular formula is C9H19NO3. The molecule has 0 aliphatic rings. The van der Waals surface area contributed by atoms with Crippen molar-refractivity contribution < 1.29 is 14.3 Å². The van der Waals surface area contributed by atoms with Crippen LogP contribution in [-0.4, -0.2) is 31.5 Å². The van der Waals surface area contributed by atoms with Crippen LogP contribution in [0.2, 0.25) is 0 Å². The minimum Gasteiger partial charge on any atom is -0.444 e. The van der Waals surface area contributed by atoms with Crippen LogP contribution in [0.3, 0.4) is 0 Å². The lowest BCUT2D eigenvalue weighted by Gasteiger charge is -2.21. The van der Waals surface area contributed by atoms with Gasteiger partial charge in [0.2, 0.25) is 0 Å². The van der Waals surface area contributed by atoms with E-state index in [1.54, 1.807) is 14.0 Å². The van der Waals surface area contributed by atoms with Gasteiger partial charge >= 0.3 is 6.09 Å². The summed E-state index contributed by atoms with van der Waals surface area (Å²) in [5.74, 6) is 0. The third kappa shape index (κ3) is 7.59. The predicted octanol–water partition coefficient (Wildman–Crippen LogP) is 1.55. The van der Waals surface area contributed by atoms with E-state index in [2.05, 4.69) is 5.32 Å². The molecule has 0 aromatic rings. The Kier molecular flexibility index (Phi) is 4.77. The zero-order valence-electron chi connectivity index (χ0n) is 9.01. The first-order valence-electron chi connectivity index (χ1n) is 4.33. The van der Waals surface area contributed by atoms with Crippen molar-refractivity contribution in [3.8, 4) is 0 Å². The number of methoxy groups -OCH3 is 1. The molecule has 0 saturated heterocycles. The first-order chi connectivity index (χ1) is 5.85. The Bertz CT molecular complexity index is 163. The summed E-state index contributed by atoms with van der Waals surface area (Å²) in [6.45, 7) is 7.89. The fourth-order valence-electron chi connectivity index (χ4n) is 0.787. The van der Waals surface area contributed by atoms with Gasteiger partial charge in [-0.2, -0.15) is 0 Å². The molecule has 0 heterocycles. The first kappa shape index (κ1) is 12.2. The summed E-state index contributed by atoms with van der Waals surface area (Å²) >= 11 is 0. The first-order valence-corrected chi connectivity index (χ1v) is 4.33. The van der Waals surface area contributed by atoms with Crippen molar-refractivity contribution in [1.29, 1.82) is 0 Å². The van der Waals surface area contributed by atoms with Crippen molar-refractivity contribution in [2.75, 3.05) is 13.7 Å². The van der Waals surface area contributed by atoms with Gasteiger partial charge in [0.05, 0.1) is 6.61 Å². The van der Waals surface area contributed by atoms with E-state index >= 15 is 0 Å². The Morgan fingerprint density at radius 1 is 1.46 bits per heavy atom. The average Bonchev–Trinajstić information content (AvgIpc) is 1.81. The van der Waals surface area contributed by atoms with Gasteiger partial charge in [-0.15, -0.1) is 0 Å². The average molecular weight is 189 g/mol. The van der Waals surface area contributed by atoms with Crippen LogP contribution < -0.4 is 5.32 Å². The third-order valence-corrected chi connectivity index (χ3v) is 1.19. The second-order valence-corrected chi connectivity index (χ2v) is 4.05. The van der Waals surface area contributed by atoms with E-state index in [1.807, 2.05) is 20.8 Å². The van der Waals surface area contributed by atoms with Gasteiger partial charge in [0.25, 0.3) is 0 Å². The molecule has 78 valence electrons.